The van der Waals surface area contributed by atoms with E-state index in [9.17, 15) is 4.79 Å². The van der Waals surface area contributed by atoms with Crippen LogP contribution < -0.4 is 10.3 Å². The van der Waals surface area contributed by atoms with Crippen LogP contribution in [0.1, 0.15) is 12.8 Å². The van der Waals surface area contributed by atoms with Gasteiger partial charge in [0.2, 0.25) is 0 Å². The Morgan fingerprint density at radius 2 is 2.24 bits per heavy atom. The minimum atomic E-state index is -0.742. The zero-order valence-electron chi connectivity index (χ0n) is 15.9. The van der Waals surface area contributed by atoms with Gasteiger partial charge in [-0.25, -0.2) is 4.98 Å². The van der Waals surface area contributed by atoms with Crippen molar-refractivity contribution in [2.75, 3.05) is 13.2 Å². The number of aliphatic imine (C=N–C) groups is 1. The number of aromatic nitrogens is 5. The van der Waals surface area contributed by atoms with Gasteiger partial charge in [-0.3, -0.25) is 19.8 Å². The molecular weight excluding hydrogens is 374 g/mol. The fourth-order valence-corrected chi connectivity index (χ4v) is 3.10. The molecule has 3 aromatic rings. The second-order valence-corrected chi connectivity index (χ2v) is 6.74. The lowest BCUT2D eigenvalue weighted by Crippen LogP contribution is -2.25. The van der Waals surface area contributed by atoms with Crippen molar-refractivity contribution in [3.05, 3.63) is 35.1 Å². The second kappa shape index (κ2) is 8.31. The number of pyridine rings is 1. The van der Waals surface area contributed by atoms with Crippen molar-refractivity contribution < 1.29 is 9.47 Å². The van der Waals surface area contributed by atoms with Gasteiger partial charge >= 0.3 is 0 Å². The number of fused-ring (bicyclic) bond motifs is 1. The van der Waals surface area contributed by atoms with E-state index in [1.165, 1.54) is 0 Å². The highest BCUT2D eigenvalue weighted by molar-refractivity contribution is 5.90. The molecule has 1 unspecified atom stereocenters. The molecule has 4 rings (SSSR count). The SMILES string of the molecule is Cn1cnc(-c2nccc3c(=O)[nH]c(OC(C=N)C=NC4CCOCC4)nc23)c1. The average Bonchev–Trinajstić information content (AvgIpc) is 3.17. The molecule has 10 heteroatoms. The van der Waals surface area contributed by atoms with Crippen molar-refractivity contribution in [3.8, 4) is 17.4 Å². The van der Waals surface area contributed by atoms with E-state index in [1.807, 2.05) is 7.05 Å². The molecule has 0 spiro atoms. The first-order chi connectivity index (χ1) is 14.1. The van der Waals surface area contributed by atoms with E-state index in [4.69, 9.17) is 14.9 Å². The monoisotopic (exact) mass is 395 g/mol. The summed E-state index contributed by atoms with van der Waals surface area (Å²) in [6.45, 7) is 1.36. The van der Waals surface area contributed by atoms with Crippen LogP contribution in [0.3, 0.4) is 0 Å². The Bertz CT molecular complexity index is 1100. The number of hydrogen-bond donors (Lipinski definition) is 2. The van der Waals surface area contributed by atoms with Gasteiger partial charge in [0.05, 0.1) is 17.8 Å². The molecule has 1 fully saturated rings. The van der Waals surface area contributed by atoms with Gasteiger partial charge < -0.3 is 19.5 Å². The maximum absolute atomic E-state index is 12.5. The Labute approximate surface area is 166 Å². The van der Waals surface area contributed by atoms with Gasteiger partial charge in [0.15, 0.2) is 6.10 Å². The molecule has 3 aromatic heterocycles. The molecule has 1 atom stereocenters. The van der Waals surface area contributed by atoms with Gasteiger partial charge in [0.25, 0.3) is 11.6 Å². The highest BCUT2D eigenvalue weighted by Gasteiger charge is 2.16. The van der Waals surface area contributed by atoms with Crippen LogP contribution in [0, 0.1) is 5.41 Å². The van der Waals surface area contributed by atoms with E-state index >= 15 is 0 Å². The first kappa shape index (κ1) is 18.9. The average molecular weight is 395 g/mol. The third kappa shape index (κ3) is 4.21. The Morgan fingerprint density at radius 3 is 2.97 bits per heavy atom. The zero-order chi connectivity index (χ0) is 20.2. The minimum Gasteiger partial charge on any atom is -0.450 e. The molecule has 1 saturated heterocycles. The Kier molecular flexibility index (Phi) is 5.43. The van der Waals surface area contributed by atoms with Crippen molar-refractivity contribution in [2.24, 2.45) is 12.0 Å². The molecule has 29 heavy (non-hydrogen) atoms. The molecule has 150 valence electrons. The second-order valence-electron chi connectivity index (χ2n) is 6.74. The number of nitrogens with zero attached hydrogens (tertiary/aromatic N) is 5. The quantitative estimate of drug-likeness (QED) is 0.606. The van der Waals surface area contributed by atoms with E-state index in [0.717, 1.165) is 19.1 Å². The summed E-state index contributed by atoms with van der Waals surface area (Å²) in [7, 11) is 1.85. The highest BCUT2D eigenvalue weighted by Crippen LogP contribution is 2.22. The standard InChI is InChI=1S/C19H21N7O3/c1-26-10-15(23-11-26)17-16-14(2-5-21-17)18(27)25-19(24-16)29-13(8-20)9-22-12-3-6-28-7-4-12/h2,5,8-13,20H,3-4,6-7H2,1H3,(H,24,25,27). The molecule has 0 aliphatic carbocycles. The van der Waals surface area contributed by atoms with Gasteiger partial charge in [0, 0.05) is 45.1 Å². The summed E-state index contributed by atoms with van der Waals surface area (Å²) in [6.07, 6.45) is 8.60. The molecule has 10 nitrogen and oxygen atoms in total. The molecular formula is C19H21N7O3. The lowest BCUT2D eigenvalue weighted by atomic mass is 10.1. The number of imidazole rings is 1. The number of aryl methyl sites for hydroxylation is 1. The predicted molar refractivity (Wildman–Crippen MR) is 108 cm³/mol. The number of aromatic amines is 1. The van der Waals surface area contributed by atoms with Crippen LogP contribution in [-0.2, 0) is 11.8 Å². The molecule has 2 N–H and O–H groups in total. The van der Waals surface area contributed by atoms with Crippen LogP contribution in [0.4, 0.5) is 0 Å². The summed E-state index contributed by atoms with van der Waals surface area (Å²) in [6, 6.07) is 1.75. The van der Waals surface area contributed by atoms with Crippen molar-refractivity contribution in [1.82, 2.24) is 24.5 Å². The lowest BCUT2D eigenvalue weighted by Gasteiger charge is -2.18. The van der Waals surface area contributed by atoms with Crippen LogP contribution in [-0.4, -0.2) is 62.3 Å². The number of hydrogen-bond acceptors (Lipinski definition) is 8. The van der Waals surface area contributed by atoms with E-state index in [1.54, 1.807) is 35.6 Å². The van der Waals surface area contributed by atoms with E-state index < -0.39 is 6.10 Å². The van der Waals surface area contributed by atoms with Gasteiger partial charge in [-0.1, -0.05) is 0 Å². The van der Waals surface area contributed by atoms with Crippen molar-refractivity contribution >= 4 is 23.3 Å². The fraction of sp³-hybridized carbons (Fsp3) is 0.368. The van der Waals surface area contributed by atoms with Crippen LogP contribution in [0.5, 0.6) is 6.01 Å². The van der Waals surface area contributed by atoms with Crippen molar-refractivity contribution in [1.29, 1.82) is 5.41 Å². The summed E-state index contributed by atoms with van der Waals surface area (Å²) in [5.74, 6) is 0. The van der Waals surface area contributed by atoms with Crippen LogP contribution in [0.15, 0.2) is 34.6 Å². The minimum absolute atomic E-state index is 0.000362. The number of rotatable bonds is 6. The predicted octanol–water partition coefficient (Wildman–Crippen LogP) is 1.37. The molecule has 0 aromatic carbocycles. The van der Waals surface area contributed by atoms with Gasteiger partial charge in [-0.2, -0.15) is 4.98 Å². The number of H-pyrrole nitrogens is 1. The Hall–Kier alpha value is -3.40. The fourth-order valence-electron chi connectivity index (χ4n) is 3.10. The Morgan fingerprint density at radius 1 is 1.41 bits per heavy atom. The summed E-state index contributed by atoms with van der Waals surface area (Å²) in [4.78, 5) is 32.7. The summed E-state index contributed by atoms with van der Waals surface area (Å²) in [5, 5.41) is 8.00. The van der Waals surface area contributed by atoms with E-state index in [-0.39, 0.29) is 17.6 Å². The highest BCUT2D eigenvalue weighted by atomic mass is 16.5. The number of ether oxygens (including phenoxy) is 2. The van der Waals surface area contributed by atoms with E-state index in [2.05, 4.69) is 24.9 Å². The molecule has 1 aliphatic rings. The van der Waals surface area contributed by atoms with Crippen LogP contribution in [0.25, 0.3) is 22.3 Å². The molecule has 4 heterocycles. The Balaban J connectivity index is 1.64. The van der Waals surface area contributed by atoms with Crippen molar-refractivity contribution in [3.63, 3.8) is 0 Å². The molecule has 0 radical (unpaired) electrons. The smallest absolute Gasteiger partial charge is 0.298 e. The maximum atomic E-state index is 12.5. The molecule has 0 saturated carbocycles. The first-order valence-corrected chi connectivity index (χ1v) is 9.29. The van der Waals surface area contributed by atoms with Crippen molar-refractivity contribution in [2.45, 2.75) is 25.0 Å². The van der Waals surface area contributed by atoms with Crippen LogP contribution in [0.2, 0.25) is 0 Å². The largest absolute Gasteiger partial charge is 0.450 e. The molecule has 1 aliphatic heterocycles. The first-order valence-electron chi connectivity index (χ1n) is 9.29. The summed E-state index contributed by atoms with van der Waals surface area (Å²) < 4.78 is 12.8. The summed E-state index contributed by atoms with van der Waals surface area (Å²) >= 11 is 0. The van der Waals surface area contributed by atoms with Crippen LogP contribution >= 0.6 is 0 Å². The van der Waals surface area contributed by atoms with Gasteiger partial charge in [0.1, 0.15) is 16.9 Å². The van der Waals surface area contributed by atoms with Gasteiger partial charge in [-0.05, 0) is 18.9 Å². The third-order valence-corrected chi connectivity index (χ3v) is 4.60. The molecule has 0 bridgehead atoms. The topological polar surface area (TPSA) is 131 Å². The van der Waals surface area contributed by atoms with E-state index in [0.29, 0.717) is 35.5 Å². The third-order valence-electron chi connectivity index (χ3n) is 4.60. The van der Waals surface area contributed by atoms with Gasteiger partial charge in [-0.15, -0.1) is 0 Å². The lowest BCUT2D eigenvalue weighted by molar-refractivity contribution is 0.0870. The normalized spacial score (nSPS) is 16.3. The maximum Gasteiger partial charge on any atom is 0.298 e. The number of nitrogens with one attached hydrogen (secondary N) is 2. The molecule has 0 amide bonds. The summed E-state index contributed by atoms with van der Waals surface area (Å²) in [5.41, 5.74) is 1.12. The zero-order valence-corrected chi connectivity index (χ0v) is 15.9.